The number of nitrogens with one attached hydrogen (secondary N) is 1. The van der Waals surface area contributed by atoms with Crippen LogP contribution in [-0.4, -0.2) is 12.9 Å². The monoisotopic (exact) mass is 281 g/mol. The van der Waals surface area contributed by atoms with Crippen molar-refractivity contribution in [3.63, 3.8) is 0 Å². The predicted molar refractivity (Wildman–Crippen MR) is 81.9 cm³/mol. The average molecular weight is 281 g/mol. The van der Waals surface area contributed by atoms with Gasteiger partial charge in [0.1, 0.15) is 11.8 Å². The Morgan fingerprint density at radius 2 is 2.10 bits per heavy atom. The molecule has 0 aliphatic heterocycles. The van der Waals surface area contributed by atoms with Crippen molar-refractivity contribution in [3.05, 3.63) is 47.5 Å². The lowest BCUT2D eigenvalue weighted by Gasteiger charge is -2.13. The highest BCUT2D eigenvalue weighted by Crippen LogP contribution is 2.31. The van der Waals surface area contributed by atoms with Crippen LogP contribution in [0.3, 0.4) is 0 Å². The second-order valence-electron chi connectivity index (χ2n) is 4.48. The molecule has 0 radical (unpaired) electrons. The van der Waals surface area contributed by atoms with Gasteiger partial charge in [0, 0.05) is 16.9 Å². The summed E-state index contributed by atoms with van der Waals surface area (Å²) in [5, 5.41) is 12.3. The fraction of sp³-hybridized carbons (Fsp3) is 0.125. The summed E-state index contributed by atoms with van der Waals surface area (Å²) in [6.07, 6.45) is 0. The van der Waals surface area contributed by atoms with Crippen molar-refractivity contribution in [2.75, 3.05) is 18.2 Å². The number of nitrogen functional groups attached to an aromatic ring is 1. The number of methoxy groups -OCH3 is 1. The first kappa shape index (κ1) is 14.4. The number of Topliss-reactive ketones (excluding diaryl/α,β-unsaturated/α-hetero) is 1. The van der Waals surface area contributed by atoms with Crippen molar-refractivity contribution in [3.8, 4) is 11.8 Å². The number of para-hydroxylation sites is 1. The van der Waals surface area contributed by atoms with Crippen LogP contribution in [0.2, 0.25) is 0 Å². The number of nitrogens with zero attached hydrogens (tertiary/aromatic N) is 1. The van der Waals surface area contributed by atoms with E-state index in [1.165, 1.54) is 14.0 Å². The number of rotatable bonds is 4. The SMILES string of the molecule is COc1cccc(C#N)c1Nc1ccc(N)c(C(C)=O)c1. The highest BCUT2D eigenvalue weighted by Gasteiger charge is 2.11. The first-order valence-electron chi connectivity index (χ1n) is 6.31. The van der Waals surface area contributed by atoms with E-state index in [0.29, 0.717) is 33.9 Å². The number of anilines is 3. The second-order valence-corrected chi connectivity index (χ2v) is 4.48. The van der Waals surface area contributed by atoms with Gasteiger partial charge in [-0.05, 0) is 37.3 Å². The molecule has 0 fully saturated rings. The van der Waals surface area contributed by atoms with Crippen LogP contribution in [-0.2, 0) is 0 Å². The van der Waals surface area contributed by atoms with Gasteiger partial charge in [0.15, 0.2) is 5.78 Å². The molecule has 2 rings (SSSR count). The topological polar surface area (TPSA) is 88.1 Å². The van der Waals surface area contributed by atoms with Crippen molar-refractivity contribution in [1.82, 2.24) is 0 Å². The van der Waals surface area contributed by atoms with Crippen LogP contribution >= 0.6 is 0 Å². The molecule has 0 aliphatic rings. The fourth-order valence-electron chi connectivity index (χ4n) is 2.01. The van der Waals surface area contributed by atoms with Crippen molar-refractivity contribution in [1.29, 1.82) is 5.26 Å². The van der Waals surface area contributed by atoms with Crippen LogP contribution in [0.4, 0.5) is 17.1 Å². The maximum atomic E-state index is 11.5. The molecule has 5 heteroatoms. The number of carbonyl (C=O) groups is 1. The Kier molecular flexibility index (Phi) is 4.10. The number of ketones is 1. The summed E-state index contributed by atoms with van der Waals surface area (Å²) < 4.78 is 5.26. The molecule has 0 amide bonds. The van der Waals surface area contributed by atoms with E-state index >= 15 is 0 Å². The molecule has 0 saturated heterocycles. The molecule has 0 atom stereocenters. The number of nitriles is 1. The highest BCUT2D eigenvalue weighted by molar-refractivity contribution is 6.00. The minimum absolute atomic E-state index is 0.114. The zero-order valence-corrected chi connectivity index (χ0v) is 11.8. The average Bonchev–Trinajstić information content (AvgIpc) is 2.49. The Morgan fingerprint density at radius 3 is 2.71 bits per heavy atom. The van der Waals surface area contributed by atoms with Crippen molar-refractivity contribution in [2.24, 2.45) is 0 Å². The fourth-order valence-corrected chi connectivity index (χ4v) is 2.01. The van der Waals surface area contributed by atoms with E-state index in [1.54, 1.807) is 36.4 Å². The van der Waals surface area contributed by atoms with E-state index in [9.17, 15) is 10.1 Å². The molecular weight excluding hydrogens is 266 g/mol. The van der Waals surface area contributed by atoms with Gasteiger partial charge in [-0.3, -0.25) is 4.79 Å². The Hall–Kier alpha value is -3.00. The van der Waals surface area contributed by atoms with Crippen LogP contribution in [0.5, 0.6) is 5.75 Å². The predicted octanol–water partition coefficient (Wildman–Crippen LogP) is 3.10. The summed E-state index contributed by atoms with van der Waals surface area (Å²) in [6, 6.07) is 12.3. The van der Waals surface area contributed by atoms with Gasteiger partial charge in [-0.15, -0.1) is 0 Å². The van der Waals surface area contributed by atoms with Gasteiger partial charge >= 0.3 is 0 Å². The summed E-state index contributed by atoms with van der Waals surface area (Å²) in [5.74, 6) is 0.437. The third kappa shape index (κ3) is 2.95. The largest absolute Gasteiger partial charge is 0.495 e. The quantitative estimate of drug-likeness (QED) is 0.664. The summed E-state index contributed by atoms with van der Waals surface area (Å²) in [5.41, 5.74) is 8.31. The van der Waals surface area contributed by atoms with Crippen molar-refractivity contribution < 1.29 is 9.53 Å². The normalized spacial score (nSPS) is 9.76. The molecule has 0 spiro atoms. The Labute approximate surface area is 123 Å². The molecular formula is C16H15N3O2. The molecule has 0 saturated carbocycles. The lowest BCUT2D eigenvalue weighted by molar-refractivity contribution is 0.101. The molecule has 2 aromatic rings. The van der Waals surface area contributed by atoms with Gasteiger partial charge in [0.25, 0.3) is 0 Å². The lowest BCUT2D eigenvalue weighted by Crippen LogP contribution is -2.02. The first-order valence-corrected chi connectivity index (χ1v) is 6.31. The second kappa shape index (κ2) is 5.97. The molecule has 0 bridgehead atoms. The van der Waals surface area contributed by atoms with Gasteiger partial charge in [-0.2, -0.15) is 5.26 Å². The van der Waals surface area contributed by atoms with Crippen molar-refractivity contribution in [2.45, 2.75) is 6.92 Å². The molecule has 0 aromatic heterocycles. The summed E-state index contributed by atoms with van der Waals surface area (Å²) in [7, 11) is 1.53. The maximum absolute atomic E-state index is 11.5. The molecule has 0 aliphatic carbocycles. The number of ether oxygens (including phenoxy) is 1. The minimum atomic E-state index is -0.114. The van der Waals surface area contributed by atoms with Crippen molar-refractivity contribution >= 4 is 22.8 Å². The van der Waals surface area contributed by atoms with Gasteiger partial charge in [-0.25, -0.2) is 0 Å². The van der Waals surface area contributed by atoms with Gasteiger partial charge < -0.3 is 15.8 Å². The number of carbonyl (C=O) groups excluding carboxylic acids is 1. The zero-order chi connectivity index (χ0) is 15.4. The third-order valence-corrected chi connectivity index (χ3v) is 3.07. The van der Waals surface area contributed by atoms with Gasteiger partial charge in [0.2, 0.25) is 0 Å². The highest BCUT2D eigenvalue weighted by atomic mass is 16.5. The smallest absolute Gasteiger partial charge is 0.161 e. The van der Waals surface area contributed by atoms with E-state index in [4.69, 9.17) is 10.5 Å². The molecule has 3 N–H and O–H groups in total. The van der Waals surface area contributed by atoms with Crippen LogP contribution in [0.15, 0.2) is 36.4 Å². The van der Waals surface area contributed by atoms with Crippen LogP contribution in [0.25, 0.3) is 0 Å². The number of nitrogens with two attached hydrogens (primary N) is 1. The zero-order valence-electron chi connectivity index (χ0n) is 11.8. The molecule has 5 nitrogen and oxygen atoms in total. The van der Waals surface area contributed by atoms with Gasteiger partial charge in [-0.1, -0.05) is 6.07 Å². The van der Waals surface area contributed by atoms with E-state index in [-0.39, 0.29) is 5.78 Å². The van der Waals surface area contributed by atoms with E-state index in [2.05, 4.69) is 11.4 Å². The molecule has 2 aromatic carbocycles. The van der Waals surface area contributed by atoms with Crippen LogP contribution in [0.1, 0.15) is 22.8 Å². The molecule has 106 valence electrons. The lowest BCUT2D eigenvalue weighted by atomic mass is 10.1. The Balaban J connectivity index is 2.46. The van der Waals surface area contributed by atoms with E-state index in [0.717, 1.165) is 0 Å². The first-order chi connectivity index (χ1) is 10.1. The van der Waals surface area contributed by atoms with Crippen LogP contribution in [0, 0.1) is 11.3 Å². The molecule has 0 unspecified atom stereocenters. The van der Waals surface area contributed by atoms with E-state index in [1.807, 2.05) is 0 Å². The summed E-state index contributed by atoms with van der Waals surface area (Å²) in [4.78, 5) is 11.5. The Bertz CT molecular complexity index is 733. The number of hydrogen-bond acceptors (Lipinski definition) is 5. The van der Waals surface area contributed by atoms with E-state index < -0.39 is 0 Å². The third-order valence-electron chi connectivity index (χ3n) is 3.07. The van der Waals surface area contributed by atoms with Crippen LogP contribution < -0.4 is 15.8 Å². The molecule has 21 heavy (non-hydrogen) atoms. The summed E-state index contributed by atoms with van der Waals surface area (Å²) in [6.45, 7) is 1.46. The minimum Gasteiger partial charge on any atom is -0.495 e. The maximum Gasteiger partial charge on any atom is 0.161 e. The number of hydrogen-bond donors (Lipinski definition) is 2. The summed E-state index contributed by atoms with van der Waals surface area (Å²) >= 11 is 0. The standard InChI is InChI=1S/C16H15N3O2/c1-10(20)13-8-12(6-7-14(13)18)19-16-11(9-17)4-3-5-15(16)21-2/h3-8,19H,18H2,1-2H3. The van der Waals surface area contributed by atoms with Gasteiger partial charge in [0.05, 0.1) is 18.4 Å². The Morgan fingerprint density at radius 1 is 1.33 bits per heavy atom. The molecule has 0 heterocycles. The number of benzene rings is 2.